The van der Waals surface area contributed by atoms with Gasteiger partial charge in [0.1, 0.15) is 0 Å². The lowest BCUT2D eigenvalue weighted by Crippen LogP contribution is -2.41. The van der Waals surface area contributed by atoms with Crippen molar-refractivity contribution in [2.45, 2.75) is 12.5 Å². The maximum atomic E-state index is 13.3. The largest absolute Gasteiger partial charge is 0.494 e. The Morgan fingerprint density at radius 2 is 2.06 bits per heavy atom. The van der Waals surface area contributed by atoms with E-state index in [9.17, 15) is 4.79 Å². The van der Waals surface area contributed by atoms with Crippen molar-refractivity contribution in [3.05, 3.63) is 63.8 Å². The summed E-state index contributed by atoms with van der Waals surface area (Å²) in [7, 11) is 1.53. The maximum absolute atomic E-state index is 13.3. The van der Waals surface area contributed by atoms with Gasteiger partial charge in [-0.3, -0.25) is 9.79 Å². The molecule has 1 aromatic carbocycles. The number of aromatic amines is 1. The number of aliphatic imine (C=N–C) groups is 1. The normalized spacial score (nSPS) is 20.2. The molecule has 1 N–H and O–H groups in total. The predicted molar refractivity (Wildman–Crippen MR) is 120 cm³/mol. The summed E-state index contributed by atoms with van der Waals surface area (Å²) in [4.78, 5) is 31.3. The van der Waals surface area contributed by atoms with Crippen molar-refractivity contribution in [1.29, 1.82) is 0 Å². The Morgan fingerprint density at radius 1 is 1.26 bits per heavy atom. The molecule has 0 saturated carbocycles. The third-order valence-electron chi connectivity index (χ3n) is 5.87. The van der Waals surface area contributed by atoms with Gasteiger partial charge in [0.25, 0.3) is 5.91 Å². The molecule has 0 fully saturated rings. The summed E-state index contributed by atoms with van der Waals surface area (Å²) < 4.78 is 5.10. The molecular formula is C22H19Cl2N5O2. The van der Waals surface area contributed by atoms with Crippen LogP contribution in [0.4, 0.5) is 0 Å². The molecule has 2 aromatic heterocycles. The third kappa shape index (κ3) is 3.47. The van der Waals surface area contributed by atoms with Crippen LogP contribution >= 0.6 is 23.2 Å². The molecule has 9 heteroatoms. The predicted octanol–water partition coefficient (Wildman–Crippen LogP) is 4.27. The molecule has 1 unspecified atom stereocenters. The molecule has 5 rings (SSSR count). The highest BCUT2D eigenvalue weighted by atomic mass is 35.5. The smallest absolute Gasteiger partial charge is 0.291 e. The summed E-state index contributed by atoms with van der Waals surface area (Å²) in [6.07, 6.45) is 8.89. The molecular weight excluding hydrogens is 437 g/mol. The second-order valence-electron chi connectivity index (χ2n) is 7.60. The molecule has 0 bridgehead atoms. The van der Waals surface area contributed by atoms with Crippen molar-refractivity contribution in [2.75, 3.05) is 20.2 Å². The number of allylic oxidation sites excluding steroid dienone is 1. The molecule has 31 heavy (non-hydrogen) atoms. The van der Waals surface area contributed by atoms with E-state index in [1.807, 2.05) is 12.1 Å². The zero-order valence-electron chi connectivity index (χ0n) is 16.7. The van der Waals surface area contributed by atoms with Crippen LogP contribution < -0.4 is 4.74 Å². The summed E-state index contributed by atoms with van der Waals surface area (Å²) in [5.74, 6) is 0.598. The fourth-order valence-corrected chi connectivity index (χ4v) is 4.66. The Morgan fingerprint density at radius 3 is 2.77 bits per heavy atom. The van der Waals surface area contributed by atoms with Crippen LogP contribution in [-0.4, -0.2) is 52.2 Å². The number of hydrogen-bond acceptors (Lipinski definition) is 5. The van der Waals surface area contributed by atoms with Crippen molar-refractivity contribution in [3.63, 3.8) is 0 Å². The average Bonchev–Trinajstić information content (AvgIpc) is 3.20. The van der Waals surface area contributed by atoms with E-state index >= 15 is 0 Å². The van der Waals surface area contributed by atoms with E-state index in [1.165, 1.54) is 19.5 Å². The van der Waals surface area contributed by atoms with Crippen molar-refractivity contribution >= 4 is 46.2 Å². The highest BCUT2D eigenvalue weighted by Gasteiger charge is 2.36. The van der Waals surface area contributed by atoms with E-state index in [2.05, 4.69) is 26.0 Å². The first-order valence-electron chi connectivity index (χ1n) is 9.87. The maximum Gasteiger partial charge on any atom is 0.291 e. The van der Waals surface area contributed by atoms with Gasteiger partial charge < -0.3 is 14.6 Å². The first-order chi connectivity index (χ1) is 15.1. The Hall–Kier alpha value is -2.90. The number of halogens is 2. The zero-order chi connectivity index (χ0) is 21.5. The molecule has 4 heterocycles. The molecule has 2 aliphatic heterocycles. The minimum absolute atomic E-state index is 0.0295. The number of benzene rings is 1. The minimum Gasteiger partial charge on any atom is -0.494 e. The topological polar surface area (TPSA) is 83.5 Å². The van der Waals surface area contributed by atoms with E-state index in [-0.39, 0.29) is 23.6 Å². The number of carbonyl (C=O) groups is 1. The van der Waals surface area contributed by atoms with E-state index < -0.39 is 0 Å². The summed E-state index contributed by atoms with van der Waals surface area (Å²) >= 11 is 12.7. The van der Waals surface area contributed by atoms with Crippen LogP contribution in [0.15, 0.2) is 41.7 Å². The molecule has 158 valence electrons. The van der Waals surface area contributed by atoms with Gasteiger partial charge in [-0.15, -0.1) is 0 Å². The molecule has 0 radical (unpaired) electrons. The monoisotopic (exact) mass is 455 g/mol. The first kappa shape index (κ1) is 20.0. The van der Waals surface area contributed by atoms with E-state index in [0.29, 0.717) is 35.4 Å². The number of aromatic nitrogens is 3. The van der Waals surface area contributed by atoms with Gasteiger partial charge in [0.2, 0.25) is 5.82 Å². The number of nitrogens with zero attached hydrogens (tertiary/aromatic N) is 4. The molecule has 1 amide bonds. The number of amides is 1. The van der Waals surface area contributed by atoms with Crippen LogP contribution in [0.2, 0.25) is 10.0 Å². The average molecular weight is 456 g/mol. The van der Waals surface area contributed by atoms with Crippen LogP contribution in [0.25, 0.3) is 10.9 Å². The summed E-state index contributed by atoms with van der Waals surface area (Å²) in [6.45, 7) is 1.60. The van der Waals surface area contributed by atoms with Crippen LogP contribution in [0, 0.1) is 5.92 Å². The first-order valence-corrected chi connectivity index (χ1v) is 10.6. The molecule has 0 aliphatic carbocycles. The Labute approximate surface area is 188 Å². The standard InChI is InChI=1S/C22H19Cl2N5O2/c1-31-13-8-26-21(27-9-13)22(30)29-10-15(12-3-2-6-25-7-12)19-16(11-29)14-4-5-17(23)18(24)20(14)28-19/h2-6,8-9,12,15,28H,7,10-11H2,1H3/t12?,15-/m0/s1. The van der Waals surface area contributed by atoms with Gasteiger partial charge in [0.05, 0.1) is 35.1 Å². The summed E-state index contributed by atoms with van der Waals surface area (Å²) in [5.41, 5.74) is 2.91. The second kappa shape index (κ2) is 7.98. The van der Waals surface area contributed by atoms with Gasteiger partial charge >= 0.3 is 0 Å². The fourth-order valence-electron chi connectivity index (χ4n) is 4.29. The number of dihydropyridines is 1. The minimum atomic E-state index is -0.226. The third-order valence-corrected chi connectivity index (χ3v) is 6.67. The number of rotatable bonds is 3. The van der Waals surface area contributed by atoms with Gasteiger partial charge in [-0.1, -0.05) is 35.3 Å². The SMILES string of the molecule is COc1cnc(C(=O)N2Cc3c([nH]c4c(Cl)c(Cl)ccc34)[C@H](C3C=CC=NC3)C2)nc1. The van der Waals surface area contributed by atoms with Gasteiger partial charge in [0.15, 0.2) is 5.75 Å². The van der Waals surface area contributed by atoms with Crippen molar-refractivity contribution in [1.82, 2.24) is 19.9 Å². The number of hydrogen-bond donors (Lipinski definition) is 1. The van der Waals surface area contributed by atoms with Gasteiger partial charge in [-0.05, 0) is 12.1 Å². The second-order valence-corrected chi connectivity index (χ2v) is 8.39. The molecule has 3 aromatic rings. The molecule has 2 aliphatic rings. The van der Waals surface area contributed by atoms with Crippen LogP contribution in [-0.2, 0) is 6.54 Å². The number of carbonyl (C=O) groups excluding carboxylic acids is 1. The quantitative estimate of drug-likeness (QED) is 0.638. The number of fused-ring (bicyclic) bond motifs is 3. The lowest BCUT2D eigenvalue weighted by atomic mass is 9.83. The van der Waals surface area contributed by atoms with Crippen molar-refractivity contribution in [3.8, 4) is 5.75 Å². The molecule has 0 saturated heterocycles. The zero-order valence-corrected chi connectivity index (χ0v) is 18.2. The Kier molecular flexibility index (Phi) is 5.16. The molecule has 7 nitrogen and oxygen atoms in total. The van der Waals surface area contributed by atoms with Crippen molar-refractivity contribution in [2.24, 2.45) is 10.9 Å². The summed E-state index contributed by atoms with van der Waals surface area (Å²) in [6, 6.07) is 3.73. The molecule has 0 spiro atoms. The number of methoxy groups -OCH3 is 1. The lowest BCUT2D eigenvalue weighted by molar-refractivity contribution is 0.0694. The van der Waals surface area contributed by atoms with E-state index in [4.69, 9.17) is 27.9 Å². The van der Waals surface area contributed by atoms with Crippen LogP contribution in [0.1, 0.15) is 27.8 Å². The number of H-pyrrole nitrogens is 1. The number of nitrogens with one attached hydrogen (secondary N) is 1. The Balaban J connectivity index is 1.57. The van der Waals surface area contributed by atoms with Gasteiger partial charge in [0, 0.05) is 54.3 Å². The van der Waals surface area contributed by atoms with E-state index in [1.54, 1.807) is 17.2 Å². The fraction of sp³-hybridized carbons (Fsp3) is 0.273. The van der Waals surface area contributed by atoms with Crippen LogP contribution in [0.5, 0.6) is 5.75 Å². The number of ether oxygens (including phenoxy) is 1. The Bertz CT molecular complexity index is 1220. The summed E-state index contributed by atoms with van der Waals surface area (Å²) in [5, 5.41) is 1.94. The van der Waals surface area contributed by atoms with Gasteiger partial charge in [-0.2, -0.15) is 0 Å². The van der Waals surface area contributed by atoms with Crippen molar-refractivity contribution < 1.29 is 9.53 Å². The molecule has 2 atom stereocenters. The highest BCUT2D eigenvalue weighted by molar-refractivity contribution is 6.45. The highest BCUT2D eigenvalue weighted by Crippen LogP contribution is 2.41. The van der Waals surface area contributed by atoms with Crippen LogP contribution in [0.3, 0.4) is 0 Å². The van der Waals surface area contributed by atoms with Gasteiger partial charge in [-0.25, -0.2) is 9.97 Å². The lowest BCUT2D eigenvalue weighted by Gasteiger charge is -2.36. The van der Waals surface area contributed by atoms with E-state index in [0.717, 1.165) is 22.2 Å².